The van der Waals surface area contributed by atoms with Gasteiger partial charge in [-0.1, -0.05) is 0 Å². The summed E-state index contributed by atoms with van der Waals surface area (Å²) in [7, 11) is -0.759. The van der Waals surface area contributed by atoms with Gasteiger partial charge in [0.1, 0.15) is 11.5 Å². The topological polar surface area (TPSA) is 108 Å². The zero-order chi connectivity index (χ0) is 15.2. The van der Waals surface area contributed by atoms with E-state index >= 15 is 0 Å². The van der Waals surface area contributed by atoms with Crippen molar-refractivity contribution in [2.24, 2.45) is 0 Å². The first-order valence-electron chi connectivity index (χ1n) is 6.32. The molecule has 1 aromatic rings. The average molecular weight is 345 g/mol. The van der Waals surface area contributed by atoms with Crippen LogP contribution in [0.3, 0.4) is 0 Å². The van der Waals surface area contributed by atoms with Gasteiger partial charge in [0.05, 0.1) is 20.0 Å². The minimum atomic E-state index is -3.91. The summed E-state index contributed by atoms with van der Waals surface area (Å²) in [4.78, 5) is 2.00. The van der Waals surface area contributed by atoms with Gasteiger partial charge in [0.15, 0.2) is 0 Å². The fraction of sp³-hybridized carbons (Fsp3) is 0.538. The summed E-state index contributed by atoms with van der Waals surface area (Å²) in [5, 5.41) is 0. The van der Waals surface area contributed by atoms with Crippen LogP contribution in [0.25, 0.3) is 0 Å². The van der Waals surface area contributed by atoms with E-state index in [9.17, 15) is 8.42 Å². The molecule has 7 nitrogen and oxygen atoms in total. The largest absolute Gasteiger partial charge is 1.00 e. The maximum absolute atomic E-state index is 10.7. The molecular weight excluding hydrogens is 321 g/mol. The maximum Gasteiger partial charge on any atom is 1.00 e. The van der Waals surface area contributed by atoms with Gasteiger partial charge in [0.2, 0.25) is 0 Å². The molecule has 124 valence electrons. The first-order chi connectivity index (χ1) is 9.39. The molecule has 0 bridgehead atoms. The molecule has 0 saturated carbocycles. The second-order valence-corrected chi connectivity index (χ2v) is 5.86. The van der Waals surface area contributed by atoms with Crippen molar-refractivity contribution in [3.05, 3.63) is 18.2 Å². The normalized spacial score (nSPS) is 10.2. The predicted molar refractivity (Wildman–Crippen MR) is 83.2 cm³/mol. The molecule has 0 aromatic heterocycles. The molecule has 0 unspecified atom stereocenters. The Morgan fingerprint density at radius 1 is 1.18 bits per heavy atom. The molecule has 0 amide bonds. The Labute approximate surface area is 155 Å². The molecule has 1 aromatic carbocycles. The molecule has 3 N–H and O–H groups in total. The van der Waals surface area contributed by atoms with Gasteiger partial charge in [-0.15, -0.1) is 0 Å². The van der Waals surface area contributed by atoms with Crippen molar-refractivity contribution >= 4 is 15.8 Å². The smallest absolute Gasteiger partial charge is 1.00 e. The Kier molecular flexibility index (Phi) is 12.0. The molecule has 0 aliphatic carbocycles. The number of hydrogen-bond donors (Lipinski definition) is 1. The minimum Gasteiger partial charge on any atom is -1.00 e. The van der Waals surface area contributed by atoms with Gasteiger partial charge in [-0.25, -0.2) is 0 Å². The molecule has 1 rings (SSSR count). The van der Waals surface area contributed by atoms with E-state index in [4.69, 9.17) is 14.0 Å². The number of nitrogens with zero attached hydrogens (tertiary/aromatic N) is 1. The van der Waals surface area contributed by atoms with Gasteiger partial charge in [0, 0.05) is 37.0 Å². The van der Waals surface area contributed by atoms with Gasteiger partial charge >= 0.3 is 29.6 Å². The predicted octanol–water partition coefficient (Wildman–Crippen LogP) is -1.90. The van der Waals surface area contributed by atoms with Crippen LogP contribution in [-0.4, -0.2) is 51.5 Å². The van der Waals surface area contributed by atoms with E-state index in [1.807, 2.05) is 24.0 Å². The van der Waals surface area contributed by atoms with Crippen molar-refractivity contribution < 1.29 is 58.9 Å². The Bertz CT molecular complexity index is 521. The summed E-state index contributed by atoms with van der Waals surface area (Å²) in [5.74, 6) is 1.10. The van der Waals surface area contributed by atoms with Crippen molar-refractivity contribution in [2.45, 2.75) is 13.3 Å². The Hall–Kier alpha value is -0.510. The molecule has 0 heterocycles. The van der Waals surface area contributed by atoms with Gasteiger partial charge in [-0.3, -0.25) is 4.55 Å². The molecule has 9 heteroatoms. The second-order valence-electron chi connectivity index (χ2n) is 4.29. The minimum absolute atomic E-state index is 0. The van der Waals surface area contributed by atoms with Crippen LogP contribution in [0.2, 0.25) is 0 Å². The van der Waals surface area contributed by atoms with E-state index in [1.54, 1.807) is 20.3 Å². The van der Waals surface area contributed by atoms with Crippen molar-refractivity contribution in [2.75, 3.05) is 38.0 Å². The molecule has 0 saturated heterocycles. The van der Waals surface area contributed by atoms with Crippen molar-refractivity contribution in [3.8, 4) is 11.5 Å². The Morgan fingerprint density at radius 3 is 2.05 bits per heavy atom. The summed E-state index contributed by atoms with van der Waals surface area (Å²) in [6.07, 6.45) is 0.353. The van der Waals surface area contributed by atoms with Crippen LogP contribution in [0.15, 0.2) is 18.2 Å². The molecule has 0 fully saturated rings. The second kappa shape index (κ2) is 11.1. The molecule has 22 heavy (non-hydrogen) atoms. The molecule has 0 aliphatic heterocycles. The van der Waals surface area contributed by atoms with Gasteiger partial charge < -0.3 is 21.3 Å². The van der Waals surface area contributed by atoms with E-state index in [2.05, 4.69) is 0 Å². The number of benzene rings is 1. The van der Waals surface area contributed by atoms with Gasteiger partial charge in [-0.05, 0) is 13.3 Å². The fourth-order valence-corrected chi connectivity index (χ4v) is 2.38. The monoisotopic (exact) mass is 345 g/mol. The third-order valence-corrected chi connectivity index (χ3v) is 3.72. The van der Waals surface area contributed by atoms with Crippen LogP contribution < -0.4 is 43.9 Å². The molecule has 0 spiro atoms. The zero-order valence-corrected chi connectivity index (χ0v) is 16.3. The maximum atomic E-state index is 10.7. The SMILES string of the molecule is CCN(CCCS(=O)(=O)O)c1cc(OC)cc(OC)c1.O.[H-].[Na+]. The number of ether oxygens (including phenoxy) is 2. The van der Waals surface area contributed by atoms with Crippen LogP contribution in [0.5, 0.6) is 11.5 Å². The Morgan fingerprint density at radius 2 is 1.68 bits per heavy atom. The molecule has 0 radical (unpaired) electrons. The third-order valence-electron chi connectivity index (χ3n) is 2.91. The number of methoxy groups -OCH3 is 2. The number of rotatable bonds is 8. The Balaban J connectivity index is -0.00000133. The fourth-order valence-electron chi connectivity index (χ4n) is 1.88. The summed E-state index contributed by atoms with van der Waals surface area (Å²) in [6.45, 7) is 3.20. The van der Waals surface area contributed by atoms with Crippen LogP contribution in [0, 0.1) is 0 Å². The molecule has 0 aliphatic rings. The van der Waals surface area contributed by atoms with Gasteiger partial charge in [0.25, 0.3) is 10.1 Å². The number of anilines is 1. The standard InChI is InChI=1S/C13H21NO5S.Na.H2O.H/c1-4-14(6-5-7-20(15,16)17)11-8-12(18-2)10-13(9-11)19-3;;;/h8-10H,4-7H2,1-3H3,(H,15,16,17);;1H2;/q;+1;;-1. The summed E-state index contributed by atoms with van der Waals surface area (Å²) >= 11 is 0. The number of hydrogen-bond acceptors (Lipinski definition) is 5. The summed E-state index contributed by atoms with van der Waals surface area (Å²) in [5.41, 5.74) is 0.888. The zero-order valence-electron chi connectivity index (χ0n) is 14.5. The van der Waals surface area contributed by atoms with Crippen LogP contribution in [0.1, 0.15) is 14.8 Å². The van der Waals surface area contributed by atoms with Crippen LogP contribution in [-0.2, 0) is 10.1 Å². The molecule has 0 atom stereocenters. The van der Waals surface area contributed by atoms with E-state index in [1.165, 1.54) is 0 Å². The van der Waals surface area contributed by atoms with Crippen molar-refractivity contribution in [1.29, 1.82) is 0 Å². The van der Waals surface area contributed by atoms with Crippen LogP contribution in [0.4, 0.5) is 5.69 Å². The van der Waals surface area contributed by atoms with Crippen molar-refractivity contribution in [3.63, 3.8) is 0 Å². The van der Waals surface area contributed by atoms with E-state index in [0.717, 1.165) is 5.69 Å². The van der Waals surface area contributed by atoms with Crippen molar-refractivity contribution in [1.82, 2.24) is 0 Å². The van der Waals surface area contributed by atoms with Crippen LogP contribution >= 0.6 is 0 Å². The third kappa shape index (κ3) is 8.21. The van der Waals surface area contributed by atoms with E-state index in [-0.39, 0.29) is 42.2 Å². The molecular formula is C13H24NNaO6S. The average Bonchev–Trinajstić information content (AvgIpc) is 2.41. The van der Waals surface area contributed by atoms with E-state index < -0.39 is 10.1 Å². The first kappa shape index (κ1) is 23.8. The summed E-state index contributed by atoms with van der Waals surface area (Å²) in [6, 6.07) is 5.49. The van der Waals surface area contributed by atoms with E-state index in [0.29, 0.717) is 31.0 Å². The first-order valence-corrected chi connectivity index (χ1v) is 7.93. The van der Waals surface area contributed by atoms with Gasteiger partial charge in [-0.2, -0.15) is 8.42 Å². The summed E-state index contributed by atoms with van der Waals surface area (Å²) < 4.78 is 40.6. The quantitative estimate of drug-likeness (QED) is 0.436.